The lowest BCUT2D eigenvalue weighted by Crippen LogP contribution is -2.14. The minimum atomic E-state index is -3.67. The molecule has 7 heteroatoms. The van der Waals surface area contributed by atoms with Crippen molar-refractivity contribution in [3.8, 4) is 0 Å². The summed E-state index contributed by atoms with van der Waals surface area (Å²) >= 11 is 3.39. The van der Waals surface area contributed by atoms with E-state index in [1.165, 1.54) is 12.5 Å². The Kier molecular flexibility index (Phi) is 4.19. The highest BCUT2D eigenvalue weighted by Crippen LogP contribution is 2.29. The molecule has 0 saturated heterocycles. The Labute approximate surface area is 127 Å². The summed E-state index contributed by atoms with van der Waals surface area (Å²) in [6.07, 6.45) is 3.02. The van der Waals surface area contributed by atoms with Crippen LogP contribution < -0.4 is 4.72 Å². The van der Waals surface area contributed by atoms with Crippen LogP contribution in [0.3, 0.4) is 0 Å². The Hall–Kier alpha value is -1.34. The van der Waals surface area contributed by atoms with E-state index in [0.717, 1.165) is 11.1 Å². The van der Waals surface area contributed by atoms with Crippen LogP contribution in [0.4, 0.5) is 5.69 Å². The monoisotopic (exact) mass is 357 g/mol. The van der Waals surface area contributed by atoms with Crippen LogP contribution in [-0.2, 0) is 16.6 Å². The second kappa shape index (κ2) is 5.57. The smallest absolute Gasteiger partial charge is 0.280 e. The molecule has 0 aliphatic carbocycles. The van der Waals surface area contributed by atoms with E-state index >= 15 is 0 Å². The molecule has 0 unspecified atom stereocenters. The molecule has 108 valence electrons. The maximum Gasteiger partial charge on any atom is 0.280 e. The third-order valence-electron chi connectivity index (χ3n) is 2.92. The number of halogens is 1. The van der Waals surface area contributed by atoms with E-state index in [9.17, 15) is 8.42 Å². The third kappa shape index (κ3) is 3.04. The first kappa shape index (κ1) is 15.1. The van der Waals surface area contributed by atoms with Gasteiger partial charge in [0.05, 0.1) is 12.0 Å². The van der Waals surface area contributed by atoms with Gasteiger partial charge in [-0.1, -0.05) is 6.07 Å². The minimum Gasteiger partial charge on any atom is -0.336 e. The van der Waals surface area contributed by atoms with Crippen LogP contribution in [0.2, 0.25) is 0 Å². The van der Waals surface area contributed by atoms with E-state index in [0.29, 0.717) is 16.7 Å². The first-order valence-electron chi connectivity index (χ1n) is 6.15. The molecule has 5 nitrogen and oxygen atoms in total. The van der Waals surface area contributed by atoms with Gasteiger partial charge in [-0.3, -0.25) is 4.72 Å². The zero-order chi connectivity index (χ0) is 14.9. The quantitative estimate of drug-likeness (QED) is 0.914. The minimum absolute atomic E-state index is 0.0197. The average molecular weight is 358 g/mol. The van der Waals surface area contributed by atoms with Gasteiger partial charge in [0.15, 0.2) is 5.03 Å². The van der Waals surface area contributed by atoms with Crippen molar-refractivity contribution in [3.05, 3.63) is 40.3 Å². The standard InChI is InChI=1S/C13H16BrN3O2S/c1-4-17-7-12(15-8-17)20(18,19)16-13-10(3)5-9(2)6-11(13)14/h5-8,16H,4H2,1-3H3. The van der Waals surface area contributed by atoms with E-state index in [1.54, 1.807) is 4.57 Å². The van der Waals surface area contributed by atoms with Crippen LogP contribution in [0.15, 0.2) is 34.2 Å². The van der Waals surface area contributed by atoms with E-state index in [2.05, 4.69) is 25.6 Å². The molecule has 0 spiro atoms. The normalized spacial score (nSPS) is 11.6. The fraction of sp³-hybridized carbons (Fsp3) is 0.308. The van der Waals surface area contributed by atoms with Gasteiger partial charge in [0.25, 0.3) is 10.0 Å². The van der Waals surface area contributed by atoms with Gasteiger partial charge in [-0.05, 0) is 53.9 Å². The molecular weight excluding hydrogens is 342 g/mol. The number of nitrogens with one attached hydrogen (secondary N) is 1. The lowest BCUT2D eigenvalue weighted by Gasteiger charge is -2.12. The van der Waals surface area contributed by atoms with Crippen molar-refractivity contribution in [1.82, 2.24) is 9.55 Å². The molecule has 0 bridgehead atoms. The SMILES string of the molecule is CCn1cnc(S(=O)(=O)Nc2c(C)cc(C)cc2Br)c1. The molecule has 0 amide bonds. The second-order valence-corrected chi connectivity index (χ2v) is 7.07. The molecule has 0 saturated carbocycles. The molecule has 0 fully saturated rings. The van der Waals surface area contributed by atoms with Gasteiger partial charge in [-0.15, -0.1) is 0 Å². The molecule has 0 radical (unpaired) electrons. The number of aromatic nitrogens is 2. The highest BCUT2D eigenvalue weighted by Gasteiger charge is 2.19. The average Bonchev–Trinajstić information content (AvgIpc) is 2.83. The van der Waals surface area contributed by atoms with Crippen LogP contribution >= 0.6 is 15.9 Å². The van der Waals surface area contributed by atoms with Gasteiger partial charge >= 0.3 is 0 Å². The van der Waals surface area contributed by atoms with Gasteiger partial charge < -0.3 is 4.57 Å². The van der Waals surface area contributed by atoms with Crippen LogP contribution in [0, 0.1) is 13.8 Å². The van der Waals surface area contributed by atoms with Crippen molar-refractivity contribution in [1.29, 1.82) is 0 Å². The van der Waals surface area contributed by atoms with Crippen LogP contribution in [-0.4, -0.2) is 18.0 Å². The van der Waals surface area contributed by atoms with E-state index in [1.807, 2.05) is 32.9 Å². The number of aryl methyl sites for hydroxylation is 3. The number of benzene rings is 1. The van der Waals surface area contributed by atoms with Crippen LogP contribution in [0.25, 0.3) is 0 Å². The summed E-state index contributed by atoms with van der Waals surface area (Å²) in [6, 6.07) is 3.79. The Morgan fingerprint density at radius 3 is 2.60 bits per heavy atom. The lowest BCUT2D eigenvalue weighted by atomic mass is 10.1. The summed E-state index contributed by atoms with van der Waals surface area (Å²) in [5.74, 6) is 0. The zero-order valence-corrected chi connectivity index (χ0v) is 13.9. The van der Waals surface area contributed by atoms with Gasteiger partial charge in [0.2, 0.25) is 0 Å². The first-order valence-corrected chi connectivity index (χ1v) is 8.42. The third-order valence-corrected chi connectivity index (χ3v) is 4.78. The van der Waals surface area contributed by atoms with Crippen LogP contribution in [0.5, 0.6) is 0 Å². The highest BCUT2D eigenvalue weighted by atomic mass is 79.9. The molecule has 0 atom stereocenters. The summed E-state index contributed by atoms with van der Waals surface area (Å²) < 4.78 is 29.6. The van der Waals surface area contributed by atoms with Crippen molar-refractivity contribution >= 4 is 31.6 Å². The number of imidazole rings is 1. The van der Waals surface area contributed by atoms with E-state index in [4.69, 9.17) is 0 Å². The molecular formula is C13H16BrN3O2S. The molecule has 1 N–H and O–H groups in total. The summed E-state index contributed by atoms with van der Waals surface area (Å²) in [4.78, 5) is 3.93. The maximum atomic E-state index is 12.3. The van der Waals surface area contributed by atoms with Gasteiger partial charge in [0, 0.05) is 17.2 Å². The summed E-state index contributed by atoms with van der Waals surface area (Å²) in [5.41, 5.74) is 2.46. The number of sulfonamides is 1. The van der Waals surface area contributed by atoms with Crippen molar-refractivity contribution < 1.29 is 8.42 Å². The van der Waals surface area contributed by atoms with Crippen molar-refractivity contribution in [2.75, 3.05) is 4.72 Å². The molecule has 0 aliphatic heterocycles. The summed E-state index contributed by atoms with van der Waals surface area (Å²) in [7, 11) is -3.67. The molecule has 1 aromatic heterocycles. The topological polar surface area (TPSA) is 64.0 Å². The number of anilines is 1. The fourth-order valence-corrected chi connectivity index (χ4v) is 3.89. The number of nitrogens with zero attached hydrogens (tertiary/aromatic N) is 2. The lowest BCUT2D eigenvalue weighted by molar-refractivity contribution is 0.598. The second-order valence-electron chi connectivity index (χ2n) is 4.59. The number of hydrogen-bond donors (Lipinski definition) is 1. The van der Waals surface area contributed by atoms with Crippen LogP contribution in [0.1, 0.15) is 18.1 Å². The Balaban J connectivity index is 2.38. The Morgan fingerprint density at radius 1 is 1.35 bits per heavy atom. The molecule has 2 rings (SSSR count). The maximum absolute atomic E-state index is 12.3. The largest absolute Gasteiger partial charge is 0.336 e. The predicted octanol–water partition coefficient (Wildman–Crippen LogP) is 3.08. The number of hydrogen-bond acceptors (Lipinski definition) is 3. The Morgan fingerprint density at radius 2 is 2.05 bits per heavy atom. The van der Waals surface area contributed by atoms with Gasteiger partial charge in [-0.25, -0.2) is 4.98 Å². The van der Waals surface area contributed by atoms with Crippen molar-refractivity contribution in [2.45, 2.75) is 32.3 Å². The molecule has 0 aliphatic rings. The highest BCUT2D eigenvalue weighted by molar-refractivity contribution is 9.10. The number of rotatable bonds is 4. The summed E-state index contributed by atoms with van der Waals surface area (Å²) in [6.45, 7) is 6.42. The first-order chi connectivity index (χ1) is 9.33. The van der Waals surface area contributed by atoms with Crippen molar-refractivity contribution in [3.63, 3.8) is 0 Å². The fourth-order valence-electron chi connectivity index (χ4n) is 1.88. The van der Waals surface area contributed by atoms with Gasteiger partial charge in [0.1, 0.15) is 0 Å². The van der Waals surface area contributed by atoms with Crippen molar-refractivity contribution in [2.24, 2.45) is 0 Å². The van der Waals surface area contributed by atoms with E-state index in [-0.39, 0.29) is 5.03 Å². The summed E-state index contributed by atoms with van der Waals surface area (Å²) in [5, 5.41) is 0.0197. The molecule has 1 aromatic carbocycles. The predicted molar refractivity (Wildman–Crippen MR) is 82.3 cm³/mol. The van der Waals surface area contributed by atoms with Gasteiger partial charge in [-0.2, -0.15) is 8.42 Å². The molecule has 1 heterocycles. The zero-order valence-electron chi connectivity index (χ0n) is 11.5. The van der Waals surface area contributed by atoms with E-state index < -0.39 is 10.0 Å². The molecule has 20 heavy (non-hydrogen) atoms. The Bertz CT molecular complexity index is 715. The molecule has 2 aromatic rings.